The highest BCUT2D eigenvalue weighted by molar-refractivity contribution is 7.90. The molecule has 5 aliphatic heterocycles. The van der Waals surface area contributed by atoms with Gasteiger partial charge in [-0.3, -0.25) is 9.63 Å². The average molecular weight is 599 g/mol. The number of fused-ring (bicyclic) bond motifs is 2. The maximum Gasteiger partial charge on any atom is 0.267 e. The van der Waals surface area contributed by atoms with Gasteiger partial charge in [0.2, 0.25) is 10.0 Å². The topological polar surface area (TPSA) is 113 Å². The third-order valence-electron chi connectivity index (χ3n) is 11.4. The summed E-state index contributed by atoms with van der Waals surface area (Å²) < 4.78 is 59.7. The number of carbonyl (C=O) groups is 1. The number of hydrogen-bond acceptors (Lipinski definition) is 10. The van der Waals surface area contributed by atoms with Crippen LogP contribution in [0.4, 0.5) is 0 Å². The number of hydroxylamine groups is 2. The van der Waals surface area contributed by atoms with Crippen molar-refractivity contribution >= 4 is 15.9 Å². The fourth-order valence-corrected chi connectivity index (χ4v) is 11.8. The Hall–Kier alpha value is -0.860. The van der Waals surface area contributed by atoms with Gasteiger partial charge in [-0.15, -0.1) is 0 Å². The van der Waals surface area contributed by atoms with Crippen molar-refractivity contribution in [1.29, 1.82) is 0 Å². The van der Waals surface area contributed by atoms with Crippen LogP contribution in [0.25, 0.3) is 0 Å². The van der Waals surface area contributed by atoms with Crippen LogP contribution < -0.4 is 0 Å². The Kier molecular flexibility index (Phi) is 6.25. The fraction of sp³-hybridized carbons (Fsp3) is 0.966. The van der Waals surface area contributed by atoms with Gasteiger partial charge < -0.3 is 23.7 Å². The normalized spacial score (nSPS) is 48.8. The Labute approximate surface area is 243 Å². The molecule has 0 aromatic rings. The first kappa shape index (κ1) is 28.9. The van der Waals surface area contributed by atoms with Crippen molar-refractivity contribution in [3.05, 3.63) is 0 Å². The predicted octanol–water partition coefficient (Wildman–Crippen LogP) is 2.78. The number of rotatable bonds is 4. The summed E-state index contributed by atoms with van der Waals surface area (Å²) in [6, 6.07) is -0.482. The summed E-state index contributed by atoms with van der Waals surface area (Å²) >= 11 is 0. The van der Waals surface area contributed by atoms with Gasteiger partial charge in [-0.1, -0.05) is 27.7 Å². The molecule has 7 fully saturated rings. The van der Waals surface area contributed by atoms with Crippen molar-refractivity contribution in [3.8, 4) is 0 Å². The molecule has 5 saturated heterocycles. The zero-order valence-corrected chi connectivity index (χ0v) is 26.3. The third kappa shape index (κ3) is 4.07. The first-order valence-corrected chi connectivity index (χ1v) is 16.9. The summed E-state index contributed by atoms with van der Waals surface area (Å²) in [5.74, 6) is -1.44. The number of sulfonamides is 1. The minimum atomic E-state index is -3.75. The van der Waals surface area contributed by atoms with E-state index in [0.717, 1.165) is 19.3 Å². The Balaban J connectivity index is 1.15. The van der Waals surface area contributed by atoms with Crippen LogP contribution in [-0.4, -0.2) is 96.5 Å². The van der Waals surface area contributed by atoms with E-state index in [1.165, 1.54) is 4.31 Å². The Bertz CT molecular complexity index is 1220. The molecule has 2 saturated carbocycles. The largest absolute Gasteiger partial charge is 0.349 e. The number of carbonyl (C=O) groups excluding carboxylic acids is 1. The van der Waals surface area contributed by atoms with E-state index < -0.39 is 58.1 Å². The molecule has 2 aliphatic carbocycles. The van der Waals surface area contributed by atoms with Crippen LogP contribution in [0.2, 0.25) is 0 Å². The van der Waals surface area contributed by atoms with Crippen LogP contribution in [0.3, 0.4) is 0 Å². The molecule has 10 atom stereocenters. The van der Waals surface area contributed by atoms with E-state index in [-0.39, 0.29) is 40.7 Å². The van der Waals surface area contributed by atoms with Gasteiger partial charge in [-0.2, -0.15) is 5.06 Å². The van der Waals surface area contributed by atoms with Crippen LogP contribution in [0.5, 0.6) is 0 Å². The van der Waals surface area contributed by atoms with E-state index in [9.17, 15) is 13.2 Å². The number of ether oxygens (including phenoxy) is 5. The SMILES string of the molecule is CC(C)[C@H]1C[C@H](C(=O)N2[C@@H]3C[C@H]4CC[C@]3(CS2(=O)=O)C4(C)C)ON1[C@@H]1O[C@@H]([C@H]2COC(C)(C)O2)[C@H]2OC(C)(C)O[C@H]21. The molecule has 1 amide bonds. The van der Waals surface area contributed by atoms with E-state index in [1.807, 2.05) is 27.7 Å². The number of amides is 1. The molecule has 0 aromatic carbocycles. The highest BCUT2D eigenvalue weighted by atomic mass is 32.2. The Morgan fingerprint density at radius 3 is 2.27 bits per heavy atom. The molecule has 12 heteroatoms. The summed E-state index contributed by atoms with van der Waals surface area (Å²) in [5, 5.41) is 1.75. The van der Waals surface area contributed by atoms with Crippen molar-refractivity contribution in [2.75, 3.05) is 12.4 Å². The fourth-order valence-electron chi connectivity index (χ4n) is 9.26. The Morgan fingerprint density at radius 1 is 0.927 bits per heavy atom. The van der Waals surface area contributed by atoms with E-state index in [2.05, 4.69) is 27.7 Å². The second-order valence-electron chi connectivity index (χ2n) is 15.2. The standard InChI is InChI=1S/C29H46N2O9S/c1-15(2)17-12-18(24(32)31-20-11-16-9-10-29(20,26(16,3)4)14-41(31,33)34)40-30(17)25-23-22(38-28(7,8)39-23)21(36-25)19-13-35-27(5,6)37-19/h15-23,25H,9-14H2,1-8H3/t16-,17-,18-,19-,20-,21+,22-,23-,25-,29-/m1/s1. The van der Waals surface area contributed by atoms with E-state index in [4.69, 9.17) is 28.5 Å². The third-order valence-corrected chi connectivity index (χ3v) is 13.3. The predicted molar refractivity (Wildman–Crippen MR) is 145 cm³/mol. The smallest absolute Gasteiger partial charge is 0.267 e. The zero-order chi connectivity index (χ0) is 29.5. The highest BCUT2D eigenvalue weighted by Gasteiger charge is 2.73. The summed E-state index contributed by atoms with van der Waals surface area (Å²) in [6.45, 7) is 16.4. The Morgan fingerprint density at radius 2 is 1.63 bits per heavy atom. The van der Waals surface area contributed by atoms with Crippen molar-refractivity contribution in [1.82, 2.24) is 9.37 Å². The number of nitrogens with zero attached hydrogens (tertiary/aromatic N) is 2. The molecule has 0 aromatic heterocycles. The first-order valence-electron chi connectivity index (χ1n) is 15.3. The molecule has 7 rings (SSSR count). The molecule has 1 spiro atoms. The van der Waals surface area contributed by atoms with E-state index >= 15 is 0 Å². The lowest BCUT2D eigenvalue weighted by Gasteiger charge is -2.37. The maximum absolute atomic E-state index is 14.2. The van der Waals surface area contributed by atoms with Crippen LogP contribution in [-0.2, 0) is 43.3 Å². The molecular formula is C29H46N2O9S. The van der Waals surface area contributed by atoms with Gasteiger partial charge in [0.25, 0.3) is 5.91 Å². The molecule has 2 bridgehead atoms. The monoisotopic (exact) mass is 598 g/mol. The quantitative estimate of drug-likeness (QED) is 0.479. The van der Waals surface area contributed by atoms with Crippen LogP contribution in [0.15, 0.2) is 0 Å². The molecule has 0 radical (unpaired) electrons. The zero-order valence-electron chi connectivity index (χ0n) is 25.5. The maximum atomic E-state index is 14.2. The second kappa shape index (κ2) is 8.87. The minimum absolute atomic E-state index is 0.0428. The minimum Gasteiger partial charge on any atom is -0.349 e. The lowest BCUT2D eigenvalue weighted by atomic mass is 9.69. The molecule has 11 nitrogen and oxygen atoms in total. The summed E-state index contributed by atoms with van der Waals surface area (Å²) in [7, 11) is -3.75. The lowest BCUT2D eigenvalue weighted by molar-refractivity contribution is -0.292. The summed E-state index contributed by atoms with van der Waals surface area (Å²) in [5.41, 5.74) is -0.494. The molecule has 0 unspecified atom stereocenters. The summed E-state index contributed by atoms with van der Waals surface area (Å²) in [4.78, 5) is 20.6. The van der Waals surface area contributed by atoms with Crippen molar-refractivity contribution in [2.24, 2.45) is 22.7 Å². The van der Waals surface area contributed by atoms with Gasteiger partial charge in [0.15, 0.2) is 23.9 Å². The summed E-state index contributed by atoms with van der Waals surface area (Å²) in [6.07, 6.45) is -0.319. The molecular weight excluding hydrogens is 552 g/mol. The molecule has 7 aliphatic rings. The molecule has 41 heavy (non-hydrogen) atoms. The van der Waals surface area contributed by atoms with Gasteiger partial charge in [0, 0.05) is 17.9 Å². The first-order chi connectivity index (χ1) is 19.0. The molecule has 232 valence electrons. The van der Waals surface area contributed by atoms with Gasteiger partial charge in [0.05, 0.1) is 18.4 Å². The van der Waals surface area contributed by atoms with Crippen molar-refractivity contribution in [2.45, 2.75) is 141 Å². The second-order valence-corrected chi connectivity index (χ2v) is 17.0. The lowest BCUT2D eigenvalue weighted by Crippen LogP contribution is -2.49. The van der Waals surface area contributed by atoms with Crippen LogP contribution in [0.1, 0.15) is 81.1 Å². The highest BCUT2D eigenvalue weighted by Crippen LogP contribution is 2.70. The molecule has 0 N–H and O–H groups in total. The molecule has 5 heterocycles. The van der Waals surface area contributed by atoms with Crippen LogP contribution in [0, 0.1) is 22.7 Å². The van der Waals surface area contributed by atoms with Gasteiger partial charge >= 0.3 is 0 Å². The van der Waals surface area contributed by atoms with Gasteiger partial charge in [-0.05, 0) is 64.2 Å². The van der Waals surface area contributed by atoms with Crippen LogP contribution >= 0.6 is 0 Å². The van der Waals surface area contributed by atoms with Crippen molar-refractivity contribution < 1.29 is 41.7 Å². The number of hydrogen-bond donors (Lipinski definition) is 0. The van der Waals surface area contributed by atoms with E-state index in [1.54, 1.807) is 5.06 Å². The van der Waals surface area contributed by atoms with Crippen molar-refractivity contribution in [3.63, 3.8) is 0 Å². The average Bonchev–Trinajstić information content (AvgIpc) is 3.67. The van der Waals surface area contributed by atoms with Gasteiger partial charge in [-0.25, -0.2) is 12.7 Å². The van der Waals surface area contributed by atoms with E-state index in [0.29, 0.717) is 18.9 Å². The van der Waals surface area contributed by atoms with Gasteiger partial charge in [0.1, 0.15) is 24.4 Å².